The molecule has 1 aromatic heterocycles. The number of carbonyl (C=O) groups excluding carboxylic acids is 3. The van der Waals surface area contributed by atoms with Crippen LogP contribution in [0.4, 0.5) is 5.69 Å². The van der Waals surface area contributed by atoms with Crippen molar-refractivity contribution in [1.29, 1.82) is 0 Å². The van der Waals surface area contributed by atoms with Gasteiger partial charge in [-0.25, -0.2) is 4.98 Å². The highest BCUT2D eigenvalue weighted by Crippen LogP contribution is 2.27. The lowest BCUT2D eigenvalue weighted by Crippen LogP contribution is -2.42. The van der Waals surface area contributed by atoms with E-state index in [-0.39, 0.29) is 35.2 Å². The third-order valence-corrected chi connectivity index (χ3v) is 5.27. The van der Waals surface area contributed by atoms with Gasteiger partial charge in [-0.05, 0) is 37.8 Å². The zero-order valence-electron chi connectivity index (χ0n) is 16.1. The van der Waals surface area contributed by atoms with Crippen LogP contribution in [0, 0.1) is 5.92 Å². The maximum absolute atomic E-state index is 12.8. The average molecular weight is 383 g/mol. The van der Waals surface area contributed by atoms with Crippen LogP contribution in [0.15, 0.2) is 36.7 Å². The molecule has 28 heavy (non-hydrogen) atoms. The molecule has 0 aliphatic heterocycles. The number of primary amides is 1. The largest absolute Gasteiger partial charge is 0.364 e. The number of rotatable bonds is 5. The minimum Gasteiger partial charge on any atom is -0.364 e. The Balaban J connectivity index is 1.57. The van der Waals surface area contributed by atoms with E-state index in [1.165, 1.54) is 10.9 Å². The van der Waals surface area contributed by atoms with E-state index in [4.69, 9.17) is 5.73 Å². The molecule has 0 atom stereocenters. The van der Waals surface area contributed by atoms with E-state index >= 15 is 0 Å². The van der Waals surface area contributed by atoms with Crippen molar-refractivity contribution >= 4 is 23.4 Å². The number of nitrogens with zero attached hydrogens (tertiary/aromatic N) is 3. The Labute approximate surface area is 163 Å². The quantitative estimate of drug-likeness (QED) is 0.814. The Morgan fingerprint density at radius 3 is 2.39 bits per heavy atom. The van der Waals surface area contributed by atoms with E-state index in [9.17, 15) is 14.4 Å². The van der Waals surface area contributed by atoms with Crippen molar-refractivity contribution < 1.29 is 14.4 Å². The number of carbonyl (C=O) groups is 3. The number of benzene rings is 1. The summed E-state index contributed by atoms with van der Waals surface area (Å²) in [5, 5.41) is 2.95. The Bertz CT molecular complexity index is 869. The lowest BCUT2D eigenvalue weighted by Gasteiger charge is -2.31. The summed E-state index contributed by atoms with van der Waals surface area (Å²) in [5.74, 6) is -1.07. The average Bonchev–Trinajstić information content (AvgIpc) is 3.10. The zero-order valence-corrected chi connectivity index (χ0v) is 16.1. The van der Waals surface area contributed by atoms with Gasteiger partial charge in [0.1, 0.15) is 5.69 Å². The van der Waals surface area contributed by atoms with Crippen molar-refractivity contribution in [3.05, 3.63) is 48.0 Å². The SMILES string of the molecule is CN(c1ccccc1)C(=O)[C@H]1CC[C@H](NC(=O)c2c(C(N)=O)ncn2C)CC1. The lowest BCUT2D eigenvalue weighted by atomic mass is 9.85. The minimum atomic E-state index is -0.732. The molecule has 8 heteroatoms. The monoisotopic (exact) mass is 383 g/mol. The second-order valence-corrected chi connectivity index (χ2v) is 7.17. The van der Waals surface area contributed by atoms with Crippen molar-refractivity contribution in [1.82, 2.24) is 14.9 Å². The molecule has 1 aliphatic carbocycles. The van der Waals surface area contributed by atoms with Gasteiger partial charge in [0.25, 0.3) is 11.8 Å². The molecule has 0 saturated heterocycles. The first-order valence-corrected chi connectivity index (χ1v) is 9.33. The molecule has 0 spiro atoms. The number of nitrogens with one attached hydrogen (secondary N) is 1. The topological polar surface area (TPSA) is 110 Å². The van der Waals surface area contributed by atoms with Crippen LogP contribution in [-0.2, 0) is 11.8 Å². The second kappa shape index (κ2) is 8.24. The van der Waals surface area contributed by atoms with Gasteiger partial charge in [0.15, 0.2) is 5.69 Å². The molecule has 2 aromatic rings. The summed E-state index contributed by atoms with van der Waals surface area (Å²) in [5.41, 5.74) is 6.29. The van der Waals surface area contributed by atoms with Crippen molar-refractivity contribution in [2.75, 3.05) is 11.9 Å². The maximum Gasteiger partial charge on any atom is 0.270 e. The highest BCUT2D eigenvalue weighted by atomic mass is 16.2. The summed E-state index contributed by atoms with van der Waals surface area (Å²) in [6.45, 7) is 0. The van der Waals surface area contributed by atoms with Crippen molar-refractivity contribution in [2.45, 2.75) is 31.7 Å². The van der Waals surface area contributed by atoms with Crippen LogP contribution in [-0.4, -0.2) is 40.4 Å². The van der Waals surface area contributed by atoms with Gasteiger partial charge < -0.3 is 20.5 Å². The number of hydrogen-bond acceptors (Lipinski definition) is 4. The molecule has 3 rings (SSSR count). The third-order valence-electron chi connectivity index (χ3n) is 5.27. The molecule has 3 amide bonds. The highest BCUT2D eigenvalue weighted by Gasteiger charge is 2.30. The van der Waals surface area contributed by atoms with E-state index < -0.39 is 5.91 Å². The summed E-state index contributed by atoms with van der Waals surface area (Å²) in [6.07, 6.45) is 4.21. The first-order chi connectivity index (χ1) is 13.4. The fourth-order valence-corrected chi connectivity index (χ4v) is 3.67. The Morgan fingerprint density at radius 1 is 1.14 bits per heavy atom. The number of anilines is 1. The van der Waals surface area contributed by atoms with Gasteiger partial charge >= 0.3 is 0 Å². The van der Waals surface area contributed by atoms with Gasteiger partial charge in [0.2, 0.25) is 5.91 Å². The highest BCUT2D eigenvalue weighted by molar-refractivity contribution is 6.04. The van der Waals surface area contributed by atoms with Crippen LogP contribution >= 0.6 is 0 Å². The predicted octanol–water partition coefficient (Wildman–Crippen LogP) is 1.47. The van der Waals surface area contributed by atoms with Crippen LogP contribution in [0.2, 0.25) is 0 Å². The summed E-state index contributed by atoms with van der Waals surface area (Å²) in [7, 11) is 3.43. The Kier molecular flexibility index (Phi) is 5.77. The van der Waals surface area contributed by atoms with Crippen LogP contribution in [0.1, 0.15) is 46.7 Å². The zero-order chi connectivity index (χ0) is 20.3. The molecule has 1 fully saturated rings. The van der Waals surface area contributed by atoms with Crippen LogP contribution in [0.5, 0.6) is 0 Å². The molecule has 3 N–H and O–H groups in total. The normalized spacial score (nSPS) is 19.1. The molecule has 1 saturated carbocycles. The molecule has 1 aliphatic rings. The number of para-hydroxylation sites is 1. The summed E-state index contributed by atoms with van der Waals surface area (Å²) in [6, 6.07) is 9.51. The fraction of sp³-hybridized carbons (Fsp3) is 0.400. The number of hydrogen-bond donors (Lipinski definition) is 2. The maximum atomic E-state index is 12.8. The molecule has 0 radical (unpaired) electrons. The first kappa shape index (κ1) is 19.6. The number of aryl methyl sites for hydroxylation is 1. The number of amides is 3. The van der Waals surface area contributed by atoms with E-state index in [1.807, 2.05) is 30.3 Å². The summed E-state index contributed by atoms with van der Waals surface area (Å²) < 4.78 is 1.49. The number of imidazole rings is 1. The molecule has 1 heterocycles. The van der Waals surface area contributed by atoms with Crippen molar-refractivity contribution in [2.24, 2.45) is 18.7 Å². The van der Waals surface area contributed by atoms with Gasteiger partial charge in [-0.2, -0.15) is 0 Å². The van der Waals surface area contributed by atoms with Gasteiger partial charge in [-0.1, -0.05) is 18.2 Å². The second-order valence-electron chi connectivity index (χ2n) is 7.17. The molecule has 148 valence electrons. The minimum absolute atomic E-state index is 0.0339. The van der Waals surface area contributed by atoms with Crippen LogP contribution in [0.3, 0.4) is 0 Å². The summed E-state index contributed by atoms with van der Waals surface area (Å²) >= 11 is 0. The lowest BCUT2D eigenvalue weighted by molar-refractivity contribution is -0.123. The van der Waals surface area contributed by atoms with Crippen molar-refractivity contribution in [3.63, 3.8) is 0 Å². The van der Waals surface area contributed by atoms with Crippen molar-refractivity contribution in [3.8, 4) is 0 Å². The third kappa shape index (κ3) is 4.05. The number of aromatic nitrogens is 2. The molecular formula is C20H25N5O3. The molecule has 8 nitrogen and oxygen atoms in total. The van der Waals surface area contributed by atoms with Gasteiger partial charge in [0, 0.05) is 31.7 Å². The standard InChI is InChI=1S/C20H25N5O3/c1-24-12-22-16(18(21)26)17(24)19(27)23-14-10-8-13(9-11-14)20(28)25(2)15-6-4-3-5-7-15/h3-7,12-14H,8-11H2,1-2H3,(H2,21,26)(H,23,27)/t13-,14-. The summed E-state index contributed by atoms with van der Waals surface area (Å²) in [4.78, 5) is 42.4. The molecular weight excluding hydrogens is 358 g/mol. The molecule has 0 bridgehead atoms. The van der Waals surface area contributed by atoms with Gasteiger partial charge in [0.05, 0.1) is 6.33 Å². The fourth-order valence-electron chi connectivity index (χ4n) is 3.67. The van der Waals surface area contributed by atoms with E-state index in [0.717, 1.165) is 5.69 Å². The van der Waals surface area contributed by atoms with Crippen LogP contribution in [0.25, 0.3) is 0 Å². The Morgan fingerprint density at radius 2 is 1.79 bits per heavy atom. The van der Waals surface area contributed by atoms with E-state index in [0.29, 0.717) is 25.7 Å². The number of nitrogens with two attached hydrogens (primary N) is 1. The van der Waals surface area contributed by atoms with Crippen LogP contribution < -0.4 is 16.0 Å². The van der Waals surface area contributed by atoms with Gasteiger partial charge in [-0.15, -0.1) is 0 Å². The van der Waals surface area contributed by atoms with E-state index in [2.05, 4.69) is 10.3 Å². The predicted molar refractivity (Wildman–Crippen MR) is 105 cm³/mol. The first-order valence-electron chi connectivity index (χ1n) is 9.33. The smallest absolute Gasteiger partial charge is 0.270 e. The van der Waals surface area contributed by atoms with Gasteiger partial charge in [-0.3, -0.25) is 14.4 Å². The molecule has 1 aromatic carbocycles. The molecule has 0 unspecified atom stereocenters. The Hall–Kier alpha value is -3.16. The van der Waals surface area contributed by atoms with E-state index in [1.54, 1.807) is 19.0 Å².